The summed E-state index contributed by atoms with van der Waals surface area (Å²) in [6.07, 6.45) is 12.0. The third kappa shape index (κ3) is 5.35. The van der Waals surface area contributed by atoms with Crippen molar-refractivity contribution in [3.8, 4) is 0 Å². The van der Waals surface area contributed by atoms with E-state index in [1.807, 2.05) is 0 Å². The van der Waals surface area contributed by atoms with Gasteiger partial charge in [-0.15, -0.1) is 0 Å². The van der Waals surface area contributed by atoms with E-state index in [4.69, 9.17) is 0 Å². The van der Waals surface area contributed by atoms with Gasteiger partial charge in [0.15, 0.2) is 0 Å². The van der Waals surface area contributed by atoms with Crippen LogP contribution in [0.15, 0.2) is 24.3 Å². The maximum absolute atomic E-state index is 10.4. The lowest BCUT2D eigenvalue weighted by Gasteiger charge is -2.30. The van der Waals surface area contributed by atoms with Crippen LogP contribution in [0.5, 0.6) is 0 Å². The maximum atomic E-state index is 10.4. The number of rotatable bonds is 9. The zero-order valence-corrected chi connectivity index (χ0v) is 13.5. The first-order valence-corrected chi connectivity index (χ1v) is 8.83. The lowest BCUT2D eigenvalue weighted by Crippen LogP contribution is -2.36. The van der Waals surface area contributed by atoms with E-state index in [0.29, 0.717) is 0 Å². The second kappa shape index (κ2) is 9.09. The Labute approximate surface area is 130 Å². The lowest BCUT2D eigenvalue weighted by atomic mass is 9.92. The number of benzene rings is 1. The zero-order valence-electron chi connectivity index (χ0n) is 13.5. The Morgan fingerprint density at radius 3 is 2.62 bits per heavy atom. The molecule has 0 saturated heterocycles. The predicted molar refractivity (Wildman–Crippen MR) is 90.8 cm³/mol. The Kier molecular flexibility index (Phi) is 7.08. The number of aliphatic hydroxyl groups is 1. The Bertz CT molecular complexity index is 404. The third-order valence-corrected chi connectivity index (χ3v) is 4.65. The van der Waals surface area contributed by atoms with Crippen LogP contribution in [0.25, 0.3) is 0 Å². The SMILES string of the molecule is CCCCCCCCCC(O)C1CCc2ccccc2N1. The number of aliphatic hydroxyl groups excluding tert-OH is 1. The van der Waals surface area contributed by atoms with Crippen LogP contribution >= 0.6 is 0 Å². The van der Waals surface area contributed by atoms with Gasteiger partial charge in [0, 0.05) is 5.69 Å². The summed E-state index contributed by atoms with van der Waals surface area (Å²) < 4.78 is 0. The van der Waals surface area contributed by atoms with Crippen LogP contribution < -0.4 is 5.32 Å². The summed E-state index contributed by atoms with van der Waals surface area (Å²) in [6.45, 7) is 2.26. The van der Waals surface area contributed by atoms with Gasteiger partial charge in [-0.2, -0.15) is 0 Å². The molecule has 2 rings (SSSR count). The normalized spacial score (nSPS) is 18.9. The molecule has 0 saturated carbocycles. The molecule has 2 N–H and O–H groups in total. The highest BCUT2D eigenvalue weighted by Crippen LogP contribution is 2.26. The molecule has 2 nitrogen and oxygen atoms in total. The molecule has 0 aliphatic carbocycles. The van der Waals surface area contributed by atoms with Gasteiger partial charge in [0.1, 0.15) is 0 Å². The predicted octanol–water partition coefficient (Wildman–Crippen LogP) is 4.91. The summed E-state index contributed by atoms with van der Waals surface area (Å²) in [5, 5.41) is 13.9. The van der Waals surface area contributed by atoms with E-state index in [2.05, 4.69) is 36.5 Å². The molecule has 1 aromatic carbocycles. The van der Waals surface area contributed by atoms with E-state index in [0.717, 1.165) is 25.7 Å². The van der Waals surface area contributed by atoms with Crippen molar-refractivity contribution in [1.82, 2.24) is 0 Å². The van der Waals surface area contributed by atoms with Gasteiger partial charge < -0.3 is 10.4 Å². The Morgan fingerprint density at radius 2 is 1.81 bits per heavy atom. The molecular formula is C19H31NO. The van der Waals surface area contributed by atoms with Crippen molar-refractivity contribution >= 4 is 5.69 Å². The molecule has 1 aliphatic heterocycles. The zero-order chi connectivity index (χ0) is 14.9. The Hall–Kier alpha value is -1.02. The number of aryl methyl sites for hydroxylation is 1. The molecule has 0 amide bonds. The topological polar surface area (TPSA) is 32.3 Å². The standard InChI is InChI=1S/C19H31NO/c1-2-3-4-5-6-7-8-13-19(21)18-15-14-16-11-9-10-12-17(16)20-18/h9-12,18-21H,2-8,13-15H2,1H3. The smallest absolute Gasteiger partial charge is 0.0741 e. The molecule has 2 heteroatoms. The lowest BCUT2D eigenvalue weighted by molar-refractivity contribution is 0.134. The van der Waals surface area contributed by atoms with Crippen molar-refractivity contribution in [2.45, 2.75) is 83.3 Å². The van der Waals surface area contributed by atoms with Crippen molar-refractivity contribution in [1.29, 1.82) is 0 Å². The fourth-order valence-corrected chi connectivity index (χ4v) is 3.26. The molecule has 1 aromatic rings. The molecule has 0 radical (unpaired) electrons. The van der Waals surface area contributed by atoms with Crippen LogP contribution in [0, 0.1) is 0 Å². The van der Waals surface area contributed by atoms with Crippen LogP contribution in [0.1, 0.15) is 70.3 Å². The number of fused-ring (bicyclic) bond motifs is 1. The van der Waals surface area contributed by atoms with Crippen molar-refractivity contribution in [3.05, 3.63) is 29.8 Å². The van der Waals surface area contributed by atoms with Gasteiger partial charge in [-0.25, -0.2) is 0 Å². The first-order chi connectivity index (χ1) is 10.3. The molecule has 21 heavy (non-hydrogen) atoms. The minimum Gasteiger partial charge on any atom is -0.391 e. The molecule has 0 spiro atoms. The van der Waals surface area contributed by atoms with Gasteiger partial charge in [-0.1, -0.05) is 70.1 Å². The minimum absolute atomic E-state index is 0.200. The second-order valence-electron chi connectivity index (χ2n) is 6.42. The number of hydrogen-bond donors (Lipinski definition) is 2. The van der Waals surface area contributed by atoms with Gasteiger partial charge in [0.2, 0.25) is 0 Å². The number of nitrogens with one attached hydrogen (secondary N) is 1. The molecule has 1 heterocycles. The van der Waals surface area contributed by atoms with Crippen molar-refractivity contribution in [2.75, 3.05) is 5.32 Å². The average molecular weight is 289 g/mol. The number of unbranched alkanes of at least 4 members (excludes halogenated alkanes) is 6. The maximum Gasteiger partial charge on any atom is 0.0741 e. The summed E-state index contributed by atoms with van der Waals surface area (Å²) in [5.74, 6) is 0. The van der Waals surface area contributed by atoms with Crippen LogP contribution in [-0.2, 0) is 6.42 Å². The van der Waals surface area contributed by atoms with Gasteiger partial charge >= 0.3 is 0 Å². The average Bonchev–Trinajstić information content (AvgIpc) is 2.53. The van der Waals surface area contributed by atoms with E-state index in [1.165, 1.54) is 49.8 Å². The summed E-state index contributed by atoms with van der Waals surface area (Å²) >= 11 is 0. The fraction of sp³-hybridized carbons (Fsp3) is 0.684. The van der Waals surface area contributed by atoms with Gasteiger partial charge in [-0.05, 0) is 30.9 Å². The summed E-state index contributed by atoms with van der Waals surface area (Å²) in [7, 11) is 0. The Morgan fingerprint density at radius 1 is 1.10 bits per heavy atom. The van der Waals surface area contributed by atoms with Crippen LogP contribution in [-0.4, -0.2) is 17.3 Å². The van der Waals surface area contributed by atoms with E-state index < -0.39 is 0 Å². The van der Waals surface area contributed by atoms with Crippen molar-refractivity contribution < 1.29 is 5.11 Å². The number of anilines is 1. The van der Waals surface area contributed by atoms with E-state index >= 15 is 0 Å². The molecule has 1 aliphatic rings. The van der Waals surface area contributed by atoms with E-state index in [9.17, 15) is 5.11 Å². The van der Waals surface area contributed by atoms with Crippen LogP contribution in [0.3, 0.4) is 0 Å². The highest BCUT2D eigenvalue weighted by molar-refractivity contribution is 5.53. The van der Waals surface area contributed by atoms with Crippen molar-refractivity contribution in [3.63, 3.8) is 0 Å². The number of hydrogen-bond acceptors (Lipinski definition) is 2. The van der Waals surface area contributed by atoms with Gasteiger partial charge in [0.25, 0.3) is 0 Å². The largest absolute Gasteiger partial charge is 0.391 e. The van der Waals surface area contributed by atoms with Crippen LogP contribution in [0.2, 0.25) is 0 Å². The number of para-hydroxylation sites is 1. The molecular weight excluding hydrogens is 258 g/mol. The van der Waals surface area contributed by atoms with E-state index in [-0.39, 0.29) is 12.1 Å². The van der Waals surface area contributed by atoms with Crippen LogP contribution in [0.4, 0.5) is 5.69 Å². The quantitative estimate of drug-likeness (QED) is 0.633. The highest BCUT2D eigenvalue weighted by Gasteiger charge is 2.23. The first-order valence-electron chi connectivity index (χ1n) is 8.83. The summed E-state index contributed by atoms with van der Waals surface area (Å²) in [5.41, 5.74) is 2.60. The monoisotopic (exact) mass is 289 g/mol. The van der Waals surface area contributed by atoms with Gasteiger partial charge in [-0.3, -0.25) is 0 Å². The summed E-state index contributed by atoms with van der Waals surface area (Å²) in [4.78, 5) is 0. The summed E-state index contributed by atoms with van der Waals surface area (Å²) in [6, 6.07) is 8.70. The first kappa shape index (κ1) is 16.4. The molecule has 2 atom stereocenters. The molecule has 0 aromatic heterocycles. The molecule has 118 valence electrons. The minimum atomic E-state index is -0.200. The van der Waals surface area contributed by atoms with Crippen molar-refractivity contribution in [2.24, 2.45) is 0 Å². The van der Waals surface area contributed by atoms with E-state index in [1.54, 1.807) is 0 Å². The fourth-order valence-electron chi connectivity index (χ4n) is 3.26. The third-order valence-electron chi connectivity index (χ3n) is 4.65. The molecule has 0 bridgehead atoms. The molecule has 2 unspecified atom stereocenters. The van der Waals surface area contributed by atoms with Gasteiger partial charge in [0.05, 0.1) is 12.1 Å². The highest BCUT2D eigenvalue weighted by atomic mass is 16.3. The Balaban J connectivity index is 1.62. The molecule has 0 fully saturated rings. The second-order valence-corrected chi connectivity index (χ2v) is 6.42.